The van der Waals surface area contributed by atoms with E-state index >= 15 is 0 Å². The number of carbonyl (C=O) groups is 3. The number of allylic oxidation sites excluding steroid dienone is 2. The first-order valence-electron chi connectivity index (χ1n) is 8.56. The van der Waals surface area contributed by atoms with Gasteiger partial charge < -0.3 is 10.4 Å². The lowest BCUT2D eigenvalue weighted by molar-refractivity contribution is -0.146. The molecule has 1 saturated carbocycles. The van der Waals surface area contributed by atoms with Crippen LogP contribution in [0.4, 0.5) is 10.8 Å². The van der Waals surface area contributed by atoms with Crippen LogP contribution in [0.25, 0.3) is 0 Å². The maximum atomic E-state index is 12.7. The number of carboxylic acid groups (broad SMARTS) is 1. The number of carbonyl (C=O) groups excluding carboxylic acids is 2. The van der Waals surface area contributed by atoms with E-state index in [9.17, 15) is 19.5 Å². The second kappa shape index (κ2) is 6.96. The van der Waals surface area contributed by atoms with E-state index in [4.69, 9.17) is 0 Å². The Bertz CT molecular complexity index is 925. The second-order valence-corrected chi connectivity index (χ2v) is 7.59. The van der Waals surface area contributed by atoms with Crippen LogP contribution in [0.2, 0.25) is 0 Å². The maximum absolute atomic E-state index is 12.7. The normalized spacial score (nSPS) is 25.3. The van der Waals surface area contributed by atoms with Gasteiger partial charge in [0.15, 0.2) is 5.13 Å². The van der Waals surface area contributed by atoms with E-state index in [1.165, 1.54) is 11.3 Å². The number of nitrogens with one attached hydrogen (secondary N) is 2. The van der Waals surface area contributed by atoms with E-state index in [1.54, 1.807) is 35.8 Å². The number of rotatable bonds is 5. The van der Waals surface area contributed by atoms with Gasteiger partial charge >= 0.3 is 5.97 Å². The summed E-state index contributed by atoms with van der Waals surface area (Å²) in [5, 5.41) is 17.2. The number of amides is 2. The van der Waals surface area contributed by atoms with E-state index in [1.807, 2.05) is 12.2 Å². The number of thiazole rings is 1. The van der Waals surface area contributed by atoms with E-state index < -0.39 is 17.8 Å². The van der Waals surface area contributed by atoms with Crippen LogP contribution in [0, 0.1) is 23.7 Å². The molecule has 2 aliphatic carbocycles. The molecule has 2 bridgehead atoms. The van der Waals surface area contributed by atoms with Crippen molar-refractivity contribution in [3.63, 3.8) is 0 Å². The lowest BCUT2D eigenvalue weighted by atomic mass is 9.82. The Morgan fingerprint density at radius 3 is 2.59 bits per heavy atom. The van der Waals surface area contributed by atoms with Crippen molar-refractivity contribution in [1.82, 2.24) is 4.98 Å². The highest BCUT2D eigenvalue weighted by molar-refractivity contribution is 7.13. The maximum Gasteiger partial charge on any atom is 0.307 e. The van der Waals surface area contributed by atoms with Crippen molar-refractivity contribution in [3.05, 3.63) is 53.6 Å². The number of nitrogens with zero attached hydrogens (tertiary/aromatic N) is 1. The molecule has 27 heavy (non-hydrogen) atoms. The van der Waals surface area contributed by atoms with Crippen LogP contribution in [0.15, 0.2) is 48.0 Å². The summed E-state index contributed by atoms with van der Waals surface area (Å²) in [6, 6.07) is 6.55. The molecule has 4 atom stereocenters. The smallest absolute Gasteiger partial charge is 0.307 e. The summed E-state index contributed by atoms with van der Waals surface area (Å²) in [4.78, 5) is 40.6. The van der Waals surface area contributed by atoms with Crippen molar-refractivity contribution in [2.45, 2.75) is 6.42 Å². The third-order valence-electron chi connectivity index (χ3n) is 5.09. The van der Waals surface area contributed by atoms with Crippen molar-refractivity contribution >= 4 is 39.9 Å². The van der Waals surface area contributed by atoms with Gasteiger partial charge in [0.25, 0.3) is 5.91 Å². The SMILES string of the molecule is O=C(Nc1nccs1)c1cccc(NC(=O)[C@H]2[C@@H](C(=O)O)[C@H]3C=C[C@@H]2C3)c1. The standard InChI is InChI=1S/C19H17N3O4S/c23-16(22-19-20-6-7-27-19)12-2-1-3-13(9-12)21-17(24)14-10-4-5-11(8-10)15(14)18(25)26/h1-7,9-11,14-15H,8H2,(H,21,24)(H,25,26)(H,20,22,23)/t10-,11+,14-,15+/m1/s1. The predicted molar refractivity (Wildman–Crippen MR) is 100 cm³/mol. The molecule has 0 spiro atoms. The van der Waals surface area contributed by atoms with Gasteiger partial charge in [-0.3, -0.25) is 19.7 Å². The summed E-state index contributed by atoms with van der Waals surface area (Å²) in [6.07, 6.45) is 6.13. The van der Waals surface area contributed by atoms with Gasteiger partial charge in [-0.15, -0.1) is 11.3 Å². The Morgan fingerprint density at radius 2 is 1.89 bits per heavy atom. The molecule has 1 aromatic heterocycles. The summed E-state index contributed by atoms with van der Waals surface area (Å²) in [7, 11) is 0. The highest BCUT2D eigenvalue weighted by Crippen LogP contribution is 2.48. The molecule has 1 aromatic carbocycles. The van der Waals surface area contributed by atoms with Crippen LogP contribution in [-0.2, 0) is 9.59 Å². The van der Waals surface area contributed by atoms with Crippen LogP contribution in [0.5, 0.6) is 0 Å². The Balaban J connectivity index is 1.48. The fraction of sp³-hybridized carbons (Fsp3) is 0.263. The van der Waals surface area contributed by atoms with Gasteiger partial charge in [0.1, 0.15) is 0 Å². The zero-order chi connectivity index (χ0) is 19.0. The molecule has 0 aliphatic heterocycles. The first-order valence-corrected chi connectivity index (χ1v) is 9.44. The summed E-state index contributed by atoms with van der Waals surface area (Å²) < 4.78 is 0. The number of anilines is 2. The minimum atomic E-state index is -0.941. The average Bonchev–Trinajstić information content (AvgIpc) is 3.38. The second-order valence-electron chi connectivity index (χ2n) is 6.70. The molecular weight excluding hydrogens is 366 g/mol. The van der Waals surface area contributed by atoms with Gasteiger partial charge in [0.2, 0.25) is 5.91 Å². The van der Waals surface area contributed by atoms with Crippen LogP contribution >= 0.6 is 11.3 Å². The monoisotopic (exact) mass is 383 g/mol. The molecule has 2 amide bonds. The van der Waals surface area contributed by atoms with Crippen LogP contribution in [-0.4, -0.2) is 27.9 Å². The molecule has 1 fully saturated rings. The van der Waals surface area contributed by atoms with Crippen molar-refractivity contribution < 1.29 is 19.5 Å². The number of aromatic nitrogens is 1. The number of hydrogen-bond acceptors (Lipinski definition) is 5. The van der Waals surface area contributed by atoms with Crippen LogP contribution in [0.1, 0.15) is 16.8 Å². The van der Waals surface area contributed by atoms with Gasteiger partial charge in [0, 0.05) is 22.8 Å². The zero-order valence-electron chi connectivity index (χ0n) is 14.2. The summed E-state index contributed by atoms with van der Waals surface area (Å²) in [5.41, 5.74) is 0.841. The number of aliphatic carboxylic acids is 1. The molecule has 0 radical (unpaired) electrons. The van der Waals surface area contributed by atoms with Gasteiger partial charge in [0.05, 0.1) is 11.8 Å². The quantitative estimate of drug-likeness (QED) is 0.688. The third-order valence-corrected chi connectivity index (χ3v) is 5.78. The summed E-state index contributed by atoms with van der Waals surface area (Å²) >= 11 is 1.31. The van der Waals surface area contributed by atoms with E-state index in [0.29, 0.717) is 22.8 Å². The number of benzene rings is 1. The molecule has 4 rings (SSSR count). The largest absolute Gasteiger partial charge is 0.481 e. The first-order chi connectivity index (χ1) is 13.0. The molecule has 138 valence electrons. The van der Waals surface area contributed by atoms with Crippen molar-refractivity contribution in [3.8, 4) is 0 Å². The molecule has 0 saturated heterocycles. The molecule has 0 unspecified atom stereocenters. The number of fused-ring (bicyclic) bond motifs is 2. The summed E-state index contributed by atoms with van der Waals surface area (Å²) in [6.45, 7) is 0. The molecular formula is C19H17N3O4S. The molecule has 2 aromatic rings. The molecule has 3 N–H and O–H groups in total. The van der Waals surface area contributed by atoms with E-state index in [2.05, 4.69) is 15.6 Å². The number of hydrogen-bond donors (Lipinski definition) is 3. The topological polar surface area (TPSA) is 108 Å². The predicted octanol–water partition coefficient (Wildman–Crippen LogP) is 2.86. The van der Waals surface area contributed by atoms with Gasteiger partial charge in [-0.25, -0.2) is 4.98 Å². The Hall–Kier alpha value is -3.00. The van der Waals surface area contributed by atoms with Crippen LogP contribution < -0.4 is 10.6 Å². The zero-order valence-corrected chi connectivity index (χ0v) is 15.0. The molecule has 2 aliphatic rings. The Labute approximate surface area is 159 Å². The van der Waals surface area contributed by atoms with Crippen molar-refractivity contribution in [2.24, 2.45) is 23.7 Å². The fourth-order valence-corrected chi connectivity index (χ4v) is 4.46. The van der Waals surface area contributed by atoms with Gasteiger partial charge in [-0.2, -0.15) is 0 Å². The molecule has 8 heteroatoms. The van der Waals surface area contributed by atoms with Crippen molar-refractivity contribution in [2.75, 3.05) is 10.6 Å². The summed E-state index contributed by atoms with van der Waals surface area (Å²) in [5.74, 6) is -3.01. The highest BCUT2D eigenvalue weighted by atomic mass is 32.1. The average molecular weight is 383 g/mol. The lowest BCUT2D eigenvalue weighted by Gasteiger charge is -2.23. The Kier molecular flexibility index (Phi) is 4.49. The van der Waals surface area contributed by atoms with Gasteiger partial charge in [-0.05, 0) is 36.5 Å². The fourth-order valence-electron chi connectivity index (χ4n) is 3.93. The third kappa shape index (κ3) is 3.35. The molecule has 1 heterocycles. The highest BCUT2D eigenvalue weighted by Gasteiger charge is 2.51. The van der Waals surface area contributed by atoms with Gasteiger partial charge in [-0.1, -0.05) is 18.2 Å². The van der Waals surface area contributed by atoms with E-state index in [-0.39, 0.29) is 23.7 Å². The van der Waals surface area contributed by atoms with E-state index in [0.717, 1.165) is 0 Å². The van der Waals surface area contributed by atoms with Crippen molar-refractivity contribution in [1.29, 1.82) is 0 Å². The minimum Gasteiger partial charge on any atom is -0.481 e. The van der Waals surface area contributed by atoms with Crippen LogP contribution in [0.3, 0.4) is 0 Å². The molecule has 7 nitrogen and oxygen atoms in total. The first kappa shape index (κ1) is 17.4. The Morgan fingerprint density at radius 1 is 1.11 bits per heavy atom. The number of carboxylic acids is 1. The minimum absolute atomic E-state index is 0.0486. The lowest BCUT2D eigenvalue weighted by Crippen LogP contribution is -2.36.